The normalized spacial score (nSPS) is 15.2. The van der Waals surface area contributed by atoms with Crippen LogP contribution in [0.4, 0.5) is 0 Å². The molecule has 0 atom stereocenters. The van der Waals surface area contributed by atoms with Crippen LogP contribution in [0.5, 0.6) is 0 Å². The van der Waals surface area contributed by atoms with E-state index in [1.165, 1.54) is 34.2 Å². The molecule has 0 aliphatic heterocycles. The van der Waals surface area contributed by atoms with Crippen molar-refractivity contribution in [2.24, 2.45) is 0 Å². The summed E-state index contributed by atoms with van der Waals surface area (Å²) in [5, 5.41) is 4.73. The summed E-state index contributed by atoms with van der Waals surface area (Å²) < 4.78 is 5.05. The molecule has 0 amide bonds. The van der Waals surface area contributed by atoms with E-state index >= 15 is 0 Å². The number of nitrogens with one attached hydrogen (secondary N) is 1. The molecule has 102 valence electrons. The Morgan fingerprint density at radius 1 is 1.50 bits per heavy atom. The SMILES string of the molecule is CCSCc1nc(C2CC2)c(CNCCOC)s1. The smallest absolute Gasteiger partial charge is 0.103 e. The molecule has 18 heavy (non-hydrogen) atoms. The molecule has 5 heteroatoms. The first-order valence-corrected chi connectivity index (χ1v) is 8.58. The van der Waals surface area contributed by atoms with Gasteiger partial charge in [-0.3, -0.25) is 0 Å². The third kappa shape index (κ3) is 4.23. The minimum Gasteiger partial charge on any atom is -0.383 e. The maximum absolute atomic E-state index is 5.05. The van der Waals surface area contributed by atoms with Crippen LogP contribution in [0.2, 0.25) is 0 Å². The zero-order chi connectivity index (χ0) is 12.8. The van der Waals surface area contributed by atoms with Gasteiger partial charge in [0.05, 0.1) is 12.3 Å². The van der Waals surface area contributed by atoms with Crippen LogP contribution in [0.3, 0.4) is 0 Å². The van der Waals surface area contributed by atoms with Gasteiger partial charge >= 0.3 is 0 Å². The molecular formula is C13H22N2OS2. The van der Waals surface area contributed by atoms with Crippen molar-refractivity contribution in [1.29, 1.82) is 0 Å². The largest absolute Gasteiger partial charge is 0.383 e. The highest BCUT2D eigenvalue weighted by atomic mass is 32.2. The molecule has 1 aromatic rings. The zero-order valence-corrected chi connectivity index (χ0v) is 12.8. The lowest BCUT2D eigenvalue weighted by Crippen LogP contribution is -2.18. The number of ether oxygens (including phenoxy) is 1. The van der Waals surface area contributed by atoms with E-state index in [1.807, 2.05) is 23.1 Å². The molecular weight excluding hydrogens is 264 g/mol. The number of thioether (sulfide) groups is 1. The van der Waals surface area contributed by atoms with E-state index in [-0.39, 0.29) is 0 Å². The minimum atomic E-state index is 0.751. The summed E-state index contributed by atoms with van der Waals surface area (Å²) in [5.74, 6) is 2.99. The number of methoxy groups -OCH3 is 1. The van der Waals surface area contributed by atoms with Gasteiger partial charge in [-0.15, -0.1) is 11.3 Å². The molecule has 1 N–H and O–H groups in total. The summed E-state index contributed by atoms with van der Waals surface area (Å²) in [6.07, 6.45) is 2.66. The van der Waals surface area contributed by atoms with Gasteiger partial charge in [-0.2, -0.15) is 11.8 Å². The molecule has 0 radical (unpaired) electrons. The lowest BCUT2D eigenvalue weighted by Gasteiger charge is -2.03. The van der Waals surface area contributed by atoms with Crippen molar-refractivity contribution in [3.63, 3.8) is 0 Å². The Hall–Kier alpha value is -0.100. The number of aromatic nitrogens is 1. The highest BCUT2D eigenvalue weighted by molar-refractivity contribution is 7.98. The summed E-state index contributed by atoms with van der Waals surface area (Å²) in [4.78, 5) is 6.28. The fourth-order valence-electron chi connectivity index (χ4n) is 1.84. The molecule has 1 fully saturated rings. The molecule has 1 saturated carbocycles. The van der Waals surface area contributed by atoms with Crippen molar-refractivity contribution >= 4 is 23.1 Å². The average molecular weight is 286 g/mol. The molecule has 0 unspecified atom stereocenters. The summed E-state index contributed by atoms with van der Waals surface area (Å²) in [7, 11) is 1.74. The summed E-state index contributed by atoms with van der Waals surface area (Å²) in [5.41, 5.74) is 1.37. The topological polar surface area (TPSA) is 34.2 Å². The summed E-state index contributed by atoms with van der Waals surface area (Å²) in [6, 6.07) is 0. The van der Waals surface area contributed by atoms with Crippen LogP contribution in [-0.2, 0) is 17.0 Å². The van der Waals surface area contributed by atoms with Gasteiger partial charge in [-0.1, -0.05) is 6.92 Å². The molecule has 0 aromatic carbocycles. The van der Waals surface area contributed by atoms with Gasteiger partial charge < -0.3 is 10.1 Å². The molecule has 1 aliphatic rings. The predicted molar refractivity (Wildman–Crippen MR) is 79.5 cm³/mol. The van der Waals surface area contributed by atoms with Gasteiger partial charge in [-0.05, 0) is 18.6 Å². The first-order chi connectivity index (χ1) is 8.85. The van der Waals surface area contributed by atoms with Gasteiger partial charge in [0.1, 0.15) is 5.01 Å². The standard InChI is InChI=1S/C13H22N2OS2/c1-3-17-9-12-15-13(10-4-5-10)11(18-12)8-14-6-7-16-2/h10,14H,3-9H2,1-2H3. The molecule has 0 spiro atoms. The highest BCUT2D eigenvalue weighted by Gasteiger charge is 2.29. The van der Waals surface area contributed by atoms with Gasteiger partial charge in [0, 0.05) is 36.7 Å². The van der Waals surface area contributed by atoms with E-state index in [0.717, 1.165) is 31.4 Å². The number of thiazole rings is 1. The number of hydrogen-bond donors (Lipinski definition) is 1. The summed E-state index contributed by atoms with van der Waals surface area (Å²) >= 11 is 3.85. The predicted octanol–water partition coefficient (Wildman–Crippen LogP) is 3.01. The van der Waals surface area contributed by atoms with E-state index in [2.05, 4.69) is 12.2 Å². The summed E-state index contributed by atoms with van der Waals surface area (Å²) in [6.45, 7) is 4.84. The van der Waals surface area contributed by atoms with Gasteiger partial charge in [-0.25, -0.2) is 4.98 Å². The second kappa shape index (κ2) is 7.48. The van der Waals surface area contributed by atoms with E-state index in [9.17, 15) is 0 Å². The van der Waals surface area contributed by atoms with E-state index < -0.39 is 0 Å². The Balaban J connectivity index is 1.91. The van der Waals surface area contributed by atoms with Gasteiger partial charge in [0.15, 0.2) is 0 Å². The first-order valence-electron chi connectivity index (χ1n) is 6.61. The number of hydrogen-bond acceptors (Lipinski definition) is 5. The van der Waals surface area contributed by atoms with E-state index in [0.29, 0.717) is 0 Å². The van der Waals surface area contributed by atoms with Crippen LogP contribution in [-0.4, -0.2) is 31.0 Å². The van der Waals surface area contributed by atoms with Gasteiger partial charge in [0.25, 0.3) is 0 Å². The Bertz CT molecular complexity index is 364. The van der Waals surface area contributed by atoms with Crippen molar-refractivity contribution in [3.05, 3.63) is 15.6 Å². The van der Waals surface area contributed by atoms with Crippen LogP contribution in [0.25, 0.3) is 0 Å². The van der Waals surface area contributed by atoms with E-state index in [1.54, 1.807) is 7.11 Å². The van der Waals surface area contributed by atoms with Crippen molar-refractivity contribution in [2.75, 3.05) is 26.0 Å². The molecule has 1 heterocycles. The molecule has 1 aliphatic carbocycles. The van der Waals surface area contributed by atoms with Crippen LogP contribution in [0, 0.1) is 0 Å². The molecule has 0 saturated heterocycles. The van der Waals surface area contributed by atoms with Crippen LogP contribution in [0.1, 0.15) is 41.3 Å². The average Bonchev–Trinajstić information content (AvgIpc) is 3.14. The monoisotopic (exact) mass is 286 g/mol. The molecule has 0 bridgehead atoms. The Morgan fingerprint density at radius 2 is 2.33 bits per heavy atom. The minimum absolute atomic E-state index is 0.751. The Labute approximate surface area is 118 Å². The molecule has 1 aromatic heterocycles. The van der Waals surface area contributed by atoms with Crippen molar-refractivity contribution < 1.29 is 4.74 Å². The number of rotatable bonds is 9. The Kier molecular flexibility index (Phi) is 5.95. The second-order valence-electron chi connectivity index (χ2n) is 4.50. The fraction of sp³-hybridized carbons (Fsp3) is 0.769. The van der Waals surface area contributed by atoms with Crippen LogP contribution in [0.15, 0.2) is 0 Å². The maximum atomic E-state index is 5.05. The first kappa shape index (κ1) is 14.3. The Morgan fingerprint density at radius 3 is 3.00 bits per heavy atom. The lowest BCUT2D eigenvalue weighted by molar-refractivity contribution is 0.199. The van der Waals surface area contributed by atoms with Crippen molar-refractivity contribution in [1.82, 2.24) is 10.3 Å². The van der Waals surface area contributed by atoms with Crippen LogP contribution < -0.4 is 5.32 Å². The molecule has 2 rings (SSSR count). The second-order valence-corrected chi connectivity index (χ2v) is 6.94. The highest BCUT2D eigenvalue weighted by Crippen LogP contribution is 2.43. The quantitative estimate of drug-likeness (QED) is 0.708. The number of nitrogens with zero attached hydrogens (tertiary/aromatic N) is 1. The van der Waals surface area contributed by atoms with E-state index in [4.69, 9.17) is 9.72 Å². The van der Waals surface area contributed by atoms with Gasteiger partial charge in [0.2, 0.25) is 0 Å². The van der Waals surface area contributed by atoms with Crippen molar-refractivity contribution in [2.45, 2.75) is 38.0 Å². The van der Waals surface area contributed by atoms with Crippen molar-refractivity contribution in [3.8, 4) is 0 Å². The van der Waals surface area contributed by atoms with Crippen LogP contribution >= 0.6 is 23.1 Å². The lowest BCUT2D eigenvalue weighted by atomic mass is 10.2. The third-order valence-corrected chi connectivity index (χ3v) is 5.07. The molecule has 3 nitrogen and oxygen atoms in total. The zero-order valence-electron chi connectivity index (χ0n) is 11.2. The third-order valence-electron chi connectivity index (χ3n) is 2.93. The fourth-order valence-corrected chi connectivity index (χ4v) is 3.69. The maximum Gasteiger partial charge on any atom is 0.103 e.